The number of amides is 2. The predicted molar refractivity (Wildman–Crippen MR) is 93.2 cm³/mol. The number of fused-ring (bicyclic) bond motifs is 1. The van der Waals surface area contributed by atoms with Gasteiger partial charge in [0.2, 0.25) is 5.91 Å². The minimum absolute atomic E-state index is 0.128. The number of nitrogens with one attached hydrogen (secondary N) is 1. The first kappa shape index (κ1) is 16.6. The highest BCUT2D eigenvalue weighted by Crippen LogP contribution is 2.23. The van der Waals surface area contributed by atoms with Gasteiger partial charge in [0, 0.05) is 11.8 Å². The summed E-state index contributed by atoms with van der Waals surface area (Å²) >= 11 is 0. The SMILES string of the molecule is Cc1cc2cccc(C(=O)N[C@@H](Cc3ccc(O)cc3)C(N)=O)c2o1. The normalized spacial score (nSPS) is 12.0. The topological polar surface area (TPSA) is 106 Å². The van der Waals surface area contributed by atoms with Gasteiger partial charge >= 0.3 is 0 Å². The zero-order valence-electron chi connectivity index (χ0n) is 13.7. The lowest BCUT2D eigenvalue weighted by Gasteiger charge is -2.16. The molecule has 0 fully saturated rings. The molecular formula is C19H18N2O4. The molecule has 2 aromatic carbocycles. The molecule has 6 nitrogen and oxygen atoms in total. The van der Waals surface area contributed by atoms with Crippen molar-refractivity contribution in [1.82, 2.24) is 5.32 Å². The second-order valence-electron chi connectivity index (χ2n) is 5.88. The van der Waals surface area contributed by atoms with E-state index in [1.165, 1.54) is 12.1 Å². The summed E-state index contributed by atoms with van der Waals surface area (Å²) in [7, 11) is 0. The Morgan fingerprint density at radius 3 is 2.60 bits per heavy atom. The number of para-hydroxylation sites is 1. The van der Waals surface area contributed by atoms with Gasteiger partial charge in [-0.3, -0.25) is 9.59 Å². The second-order valence-corrected chi connectivity index (χ2v) is 5.88. The Labute approximate surface area is 144 Å². The Kier molecular flexibility index (Phi) is 4.43. The van der Waals surface area contributed by atoms with Crippen LogP contribution in [0, 0.1) is 6.92 Å². The van der Waals surface area contributed by atoms with Crippen LogP contribution in [-0.2, 0) is 11.2 Å². The van der Waals surface area contributed by atoms with E-state index in [-0.39, 0.29) is 12.2 Å². The van der Waals surface area contributed by atoms with Gasteiger partial charge in [0.05, 0.1) is 5.56 Å². The fourth-order valence-electron chi connectivity index (χ4n) is 2.70. The molecule has 1 atom stereocenters. The predicted octanol–water partition coefficient (Wildman–Crippen LogP) is 2.27. The number of carbonyl (C=O) groups is 2. The first-order valence-electron chi connectivity index (χ1n) is 7.81. The number of phenolic OH excluding ortho intramolecular Hbond substituents is 1. The van der Waals surface area contributed by atoms with E-state index in [1.807, 2.05) is 12.1 Å². The van der Waals surface area contributed by atoms with Crippen LogP contribution in [0.3, 0.4) is 0 Å². The van der Waals surface area contributed by atoms with E-state index in [0.717, 1.165) is 10.9 Å². The number of hydrogen-bond acceptors (Lipinski definition) is 4. The van der Waals surface area contributed by atoms with Gasteiger partial charge in [0.25, 0.3) is 5.91 Å². The Balaban J connectivity index is 1.82. The third kappa shape index (κ3) is 3.63. The van der Waals surface area contributed by atoms with Crippen LogP contribution in [0.15, 0.2) is 52.9 Å². The molecule has 1 heterocycles. The van der Waals surface area contributed by atoms with E-state index < -0.39 is 17.9 Å². The van der Waals surface area contributed by atoms with E-state index in [2.05, 4.69) is 5.32 Å². The van der Waals surface area contributed by atoms with Crippen molar-refractivity contribution in [3.8, 4) is 5.75 Å². The molecule has 0 aliphatic rings. The number of phenols is 1. The van der Waals surface area contributed by atoms with Crippen LogP contribution in [0.25, 0.3) is 11.0 Å². The molecule has 0 radical (unpaired) electrons. The Morgan fingerprint density at radius 1 is 1.20 bits per heavy atom. The first-order valence-corrected chi connectivity index (χ1v) is 7.81. The summed E-state index contributed by atoms with van der Waals surface area (Å²) < 4.78 is 5.59. The summed E-state index contributed by atoms with van der Waals surface area (Å²) in [6, 6.07) is 12.6. The number of nitrogens with two attached hydrogens (primary N) is 1. The van der Waals surface area contributed by atoms with Gasteiger partial charge in [0.15, 0.2) is 0 Å². The maximum atomic E-state index is 12.6. The van der Waals surface area contributed by atoms with E-state index in [1.54, 1.807) is 31.2 Å². The molecule has 128 valence electrons. The van der Waals surface area contributed by atoms with Crippen molar-refractivity contribution in [2.75, 3.05) is 0 Å². The van der Waals surface area contributed by atoms with Gasteiger partial charge in [-0.2, -0.15) is 0 Å². The minimum Gasteiger partial charge on any atom is -0.508 e. The number of hydrogen-bond donors (Lipinski definition) is 3. The lowest BCUT2D eigenvalue weighted by atomic mass is 10.0. The molecule has 25 heavy (non-hydrogen) atoms. The van der Waals surface area contributed by atoms with Crippen molar-refractivity contribution in [2.45, 2.75) is 19.4 Å². The average molecular weight is 338 g/mol. The van der Waals surface area contributed by atoms with Crippen molar-refractivity contribution >= 4 is 22.8 Å². The second kappa shape index (κ2) is 6.68. The third-order valence-electron chi connectivity index (χ3n) is 3.94. The van der Waals surface area contributed by atoms with Crippen LogP contribution >= 0.6 is 0 Å². The van der Waals surface area contributed by atoms with Crippen LogP contribution < -0.4 is 11.1 Å². The summed E-state index contributed by atoms with van der Waals surface area (Å²) in [5, 5.41) is 12.8. The van der Waals surface area contributed by atoms with Gasteiger partial charge in [-0.1, -0.05) is 24.3 Å². The molecule has 0 saturated carbocycles. The van der Waals surface area contributed by atoms with Gasteiger partial charge in [-0.25, -0.2) is 0 Å². The van der Waals surface area contributed by atoms with Crippen molar-refractivity contribution in [3.05, 3.63) is 65.4 Å². The fourth-order valence-corrected chi connectivity index (χ4v) is 2.70. The molecule has 0 bridgehead atoms. The molecule has 3 rings (SSSR count). The summed E-state index contributed by atoms with van der Waals surface area (Å²) in [4.78, 5) is 24.3. The monoisotopic (exact) mass is 338 g/mol. The summed E-state index contributed by atoms with van der Waals surface area (Å²) in [6.45, 7) is 1.80. The Hall–Kier alpha value is -3.28. The molecule has 6 heteroatoms. The quantitative estimate of drug-likeness (QED) is 0.663. The third-order valence-corrected chi connectivity index (χ3v) is 3.94. The lowest BCUT2D eigenvalue weighted by molar-refractivity contribution is -0.119. The number of aryl methyl sites for hydroxylation is 1. The standard InChI is InChI=1S/C19H18N2O4/c1-11-9-13-3-2-4-15(17(13)25-11)19(24)21-16(18(20)23)10-12-5-7-14(22)8-6-12/h2-9,16,22H,10H2,1H3,(H2,20,23)(H,21,24)/t16-/m0/s1. The van der Waals surface area contributed by atoms with Crippen molar-refractivity contribution in [2.24, 2.45) is 5.73 Å². The zero-order valence-corrected chi connectivity index (χ0v) is 13.7. The number of furan rings is 1. The molecule has 0 aliphatic heterocycles. The smallest absolute Gasteiger partial charge is 0.255 e. The lowest BCUT2D eigenvalue weighted by Crippen LogP contribution is -2.45. The molecule has 0 unspecified atom stereocenters. The highest BCUT2D eigenvalue weighted by atomic mass is 16.3. The molecule has 3 aromatic rings. The number of carbonyl (C=O) groups excluding carboxylic acids is 2. The molecule has 0 aliphatic carbocycles. The van der Waals surface area contributed by atoms with Crippen molar-refractivity contribution in [1.29, 1.82) is 0 Å². The molecular weight excluding hydrogens is 320 g/mol. The molecule has 0 saturated heterocycles. The largest absolute Gasteiger partial charge is 0.508 e. The molecule has 1 aromatic heterocycles. The van der Waals surface area contributed by atoms with E-state index in [4.69, 9.17) is 10.2 Å². The highest BCUT2D eigenvalue weighted by Gasteiger charge is 2.21. The van der Waals surface area contributed by atoms with E-state index >= 15 is 0 Å². The average Bonchev–Trinajstić information content (AvgIpc) is 2.95. The fraction of sp³-hybridized carbons (Fsp3) is 0.158. The summed E-state index contributed by atoms with van der Waals surface area (Å²) in [6.07, 6.45) is 0.231. The van der Waals surface area contributed by atoms with Crippen LogP contribution in [-0.4, -0.2) is 23.0 Å². The van der Waals surface area contributed by atoms with Crippen LogP contribution in [0.2, 0.25) is 0 Å². The maximum absolute atomic E-state index is 12.6. The minimum atomic E-state index is -0.872. The van der Waals surface area contributed by atoms with Crippen molar-refractivity contribution in [3.63, 3.8) is 0 Å². The number of rotatable bonds is 5. The van der Waals surface area contributed by atoms with Gasteiger partial charge in [0.1, 0.15) is 23.1 Å². The number of primary amides is 1. The number of benzene rings is 2. The summed E-state index contributed by atoms with van der Waals surface area (Å²) in [5.41, 5.74) is 7.03. The van der Waals surface area contributed by atoms with E-state index in [9.17, 15) is 14.7 Å². The molecule has 4 N–H and O–H groups in total. The number of aromatic hydroxyl groups is 1. The molecule has 2 amide bonds. The first-order chi connectivity index (χ1) is 11.9. The van der Waals surface area contributed by atoms with Gasteiger partial charge in [-0.05, 0) is 36.8 Å². The van der Waals surface area contributed by atoms with Crippen LogP contribution in [0.1, 0.15) is 21.7 Å². The van der Waals surface area contributed by atoms with E-state index in [0.29, 0.717) is 16.9 Å². The van der Waals surface area contributed by atoms with Crippen LogP contribution in [0.5, 0.6) is 5.75 Å². The van der Waals surface area contributed by atoms with Crippen LogP contribution in [0.4, 0.5) is 0 Å². The van der Waals surface area contributed by atoms with Gasteiger partial charge < -0.3 is 20.6 Å². The molecule has 0 spiro atoms. The summed E-state index contributed by atoms with van der Waals surface area (Å²) in [5.74, 6) is -0.235. The van der Waals surface area contributed by atoms with Gasteiger partial charge in [-0.15, -0.1) is 0 Å². The maximum Gasteiger partial charge on any atom is 0.255 e. The highest BCUT2D eigenvalue weighted by molar-refractivity contribution is 6.06. The van der Waals surface area contributed by atoms with Crippen molar-refractivity contribution < 1.29 is 19.1 Å². The Morgan fingerprint density at radius 2 is 1.92 bits per heavy atom. The zero-order chi connectivity index (χ0) is 18.0. The Bertz CT molecular complexity index is 928.